The second-order valence-electron chi connectivity index (χ2n) is 4.68. The number of rotatable bonds is 4. The van der Waals surface area contributed by atoms with Gasteiger partial charge >= 0.3 is 0 Å². The minimum Gasteiger partial charge on any atom is -0.330 e. The summed E-state index contributed by atoms with van der Waals surface area (Å²) >= 11 is 1.73. The van der Waals surface area contributed by atoms with Gasteiger partial charge in [0.05, 0.1) is 11.6 Å². The monoisotopic (exact) mass is 256 g/mol. The quantitative estimate of drug-likeness (QED) is 0.914. The molecule has 0 bridgehead atoms. The molecule has 1 aromatic heterocycles. The average Bonchev–Trinajstić information content (AvgIpc) is 2.91. The summed E-state index contributed by atoms with van der Waals surface area (Å²) in [5, 5.41) is 11.3. The van der Waals surface area contributed by atoms with E-state index in [0.29, 0.717) is 6.54 Å². The highest BCUT2D eigenvalue weighted by atomic mass is 32.1. The van der Waals surface area contributed by atoms with Crippen LogP contribution in [0.1, 0.15) is 22.9 Å². The van der Waals surface area contributed by atoms with Crippen LogP contribution in [0.2, 0.25) is 0 Å². The summed E-state index contributed by atoms with van der Waals surface area (Å²) in [6.07, 6.45) is 0.875. The molecule has 0 saturated heterocycles. The Balaban J connectivity index is 2.40. The Hall–Kier alpha value is -1.63. The molecule has 2 N–H and O–H groups in total. The van der Waals surface area contributed by atoms with Gasteiger partial charge in [-0.2, -0.15) is 5.26 Å². The summed E-state index contributed by atoms with van der Waals surface area (Å²) < 4.78 is 0. The molecule has 2 rings (SSSR count). The van der Waals surface area contributed by atoms with Crippen molar-refractivity contribution in [1.29, 1.82) is 5.26 Å². The molecule has 0 aliphatic rings. The molecule has 1 aromatic carbocycles. The predicted octanol–water partition coefficient (Wildman–Crippen LogP) is 3.08. The largest absolute Gasteiger partial charge is 0.330 e. The van der Waals surface area contributed by atoms with Gasteiger partial charge in [-0.05, 0) is 29.5 Å². The van der Waals surface area contributed by atoms with Crippen LogP contribution in [0.3, 0.4) is 0 Å². The lowest BCUT2D eigenvalue weighted by atomic mass is 9.77. The molecule has 92 valence electrons. The van der Waals surface area contributed by atoms with Crippen LogP contribution in [0.15, 0.2) is 41.8 Å². The predicted molar refractivity (Wildman–Crippen MR) is 75.6 cm³/mol. The molecule has 1 heterocycles. The zero-order chi connectivity index (χ0) is 13.0. The first-order valence-electron chi connectivity index (χ1n) is 5.92. The molecule has 18 heavy (non-hydrogen) atoms. The molecule has 0 amide bonds. The van der Waals surface area contributed by atoms with Crippen molar-refractivity contribution < 1.29 is 0 Å². The molecule has 0 aliphatic carbocycles. The van der Waals surface area contributed by atoms with Gasteiger partial charge in [-0.3, -0.25) is 0 Å². The normalized spacial score (nSPS) is 13.8. The second kappa shape index (κ2) is 5.34. The highest BCUT2D eigenvalue weighted by molar-refractivity contribution is 7.09. The minimum absolute atomic E-state index is 0.183. The Labute approximate surface area is 112 Å². The van der Waals surface area contributed by atoms with Gasteiger partial charge in [0.1, 0.15) is 0 Å². The summed E-state index contributed by atoms with van der Waals surface area (Å²) in [7, 11) is 0. The first-order valence-corrected chi connectivity index (χ1v) is 6.79. The van der Waals surface area contributed by atoms with E-state index in [0.717, 1.165) is 17.5 Å². The van der Waals surface area contributed by atoms with Crippen molar-refractivity contribution in [2.45, 2.75) is 18.8 Å². The third-order valence-corrected chi connectivity index (χ3v) is 4.17. The molecular formula is C15H16N2S. The number of nitrogens with two attached hydrogens (primary N) is 1. The van der Waals surface area contributed by atoms with Crippen LogP contribution >= 0.6 is 11.3 Å². The lowest BCUT2D eigenvalue weighted by Crippen LogP contribution is -2.34. The standard InChI is InChI=1S/C15H16N2S/c1-15(11-17,9-13-6-4-8-18-13)14-7-3-2-5-12(14)10-16/h2-8H,9,11,17H2,1H3. The zero-order valence-electron chi connectivity index (χ0n) is 10.4. The fourth-order valence-corrected chi connectivity index (χ4v) is 3.07. The van der Waals surface area contributed by atoms with E-state index in [2.05, 4.69) is 24.4 Å². The number of thiophene rings is 1. The van der Waals surface area contributed by atoms with E-state index in [1.165, 1.54) is 4.88 Å². The number of nitrogens with zero attached hydrogens (tertiary/aromatic N) is 1. The van der Waals surface area contributed by atoms with Crippen LogP contribution in [-0.2, 0) is 11.8 Å². The van der Waals surface area contributed by atoms with Gasteiger partial charge in [-0.1, -0.05) is 31.2 Å². The number of benzene rings is 1. The SMILES string of the molecule is CC(CN)(Cc1cccs1)c1ccccc1C#N. The third-order valence-electron chi connectivity index (χ3n) is 3.29. The first kappa shape index (κ1) is 12.8. The number of hydrogen-bond donors (Lipinski definition) is 1. The fraction of sp³-hybridized carbons (Fsp3) is 0.267. The van der Waals surface area contributed by atoms with Crippen LogP contribution in [-0.4, -0.2) is 6.54 Å². The third kappa shape index (κ3) is 2.45. The van der Waals surface area contributed by atoms with E-state index < -0.39 is 0 Å². The molecule has 0 radical (unpaired) electrons. The van der Waals surface area contributed by atoms with Gasteiger partial charge in [0, 0.05) is 16.8 Å². The lowest BCUT2D eigenvalue weighted by molar-refractivity contribution is 0.483. The Morgan fingerprint density at radius 3 is 2.67 bits per heavy atom. The van der Waals surface area contributed by atoms with Gasteiger partial charge in [-0.15, -0.1) is 11.3 Å². The Bertz CT molecular complexity index is 554. The molecule has 1 unspecified atom stereocenters. The van der Waals surface area contributed by atoms with E-state index in [4.69, 9.17) is 5.73 Å². The maximum Gasteiger partial charge on any atom is 0.0994 e. The van der Waals surface area contributed by atoms with Crippen molar-refractivity contribution in [2.75, 3.05) is 6.54 Å². The van der Waals surface area contributed by atoms with Crippen molar-refractivity contribution in [1.82, 2.24) is 0 Å². The fourth-order valence-electron chi connectivity index (χ4n) is 2.18. The topological polar surface area (TPSA) is 49.8 Å². The Morgan fingerprint density at radius 2 is 2.06 bits per heavy atom. The molecule has 0 aliphatic heterocycles. The summed E-state index contributed by atoms with van der Waals surface area (Å²) in [4.78, 5) is 1.30. The average molecular weight is 256 g/mol. The molecule has 2 nitrogen and oxygen atoms in total. The van der Waals surface area contributed by atoms with Crippen molar-refractivity contribution >= 4 is 11.3 Å². The highest BCUT2D eigenvalue weighted by Gasteiger charge is 2.28. The zero-order valence-corrected chi connectivity index (χ0v) is 11.2. The van der Waals surface area contributed by atoms with Gasteiger partial charge in [0.15, 0.2) is 0 Å². The van der Waals surface area contributed by atoms with E-state index >= 15 is 0 Å². The van der Waals surface area contributed by atoms with Gasteiger partial charge in [0.25, 0.3) is 0 Å². The van der Waals surface area contributed by atoms with Crippen molar-refractivity contribution in [3.8, 4) is 6.07 Å². The second-order valence-corrected chi connectivity index (χ2v) is 5.71. The summed E-state index contributed by atoms with van der Waals surface area (Å²) in [5.41, 5.74) is 7.56. The molecule has 3 heteroatoms. The van der Waals surface area contributed by atoms with Crippen LogP contribution < -0.4 is 5.73 Å². The maximum absolute atomic E-state index is 9.22. The summed E-state index contributed by atoms with van der Waals surface area (Å²) in [5.74, 6) is 0. The van der Waals surface area contributed by atoms with E-state index in [-0.39, 0.29) is 5.41 Å². The van der Waals surface area contributed by atoms with E-state index in [1.54, 1.807) is 11.3 Å². The maximum atomic E-state index is 9.22. The van der Waals surface area contributed by atoms with Crippen molar-refractivity contribution in [3.63, 3.8) is 0 Å². The Morgan fingerprint density at radius 1 is 1.28 bits per heavy atom. The van der Waals surface area contributed by atoms with Gasteiger partial charge in [0.2, 0.25) is 0 Å². The summed E-state index contributed by atoms with van der Waals surface area (Å²) in [6, 6.07) is 14.2. The van der Waals surface area contributed by atoms with Crippen LogP contribution in [0, 0.1) is 11.3 Å². The molecule has 2 aromatic rings. The number of nitriles is 1. The van der Waals surface area contributed by atoms with Crippen LogP contribution in [0.5, 0.6) is 0 Å². The van der Waals surface area contributed by atoms with Crippen molar-refractivity contribution in [2.24, 2.45) is 5.73 Å². The Kier molecular flexibility index (Phi) is 3.81. The lowest BCUT2D eigenvalue weighted by Gasteiger charge is -2.29. The molecule has 0 spiro atoms. The smallest absolute Gasteiger partial charge is 0.0994 e. The van der Waals surface area contributed by atoms with E-state index in [9.17, 15) is 5.26 Å². The van der Waals surface area contributed by atoms with Crippen LogP contribution in [0.4, 0.5) is 0 Å². The molecule has 0 saturated carbocycles. The summed E-state index contributed by atoms with van der Waals surface area (Å²) in [6.45, 7) is 2.66. The number of hydrogen-bond acceptors (Lipinski definition) is 3. The van der Waals surface area contributed by atoms with Gasteiger partial charge < -0.3 is 5.73 Å². The molecule has 0 fully saturated rings. The highest BCUT2D eigenvalue weighted by Crippen LogP contribution is 2.31. The van der Waals surface area contributed by atoms with Crippen molar-refractivity contribution in [3.05, 3.63) is 57.8 Å². The van der Waals surface area contributed by atoms with Gasteiger partial charge in [-0.25, -0.2) is 0 Å². The minimum atomic E-state index is -0.183. The molecular weight excluding hydrogens is 240 g/mol. The van der Waals surface area contributed by atoms with Crippen LogP contribution in [0.25, 0.3) is 0 Å². The molecule has 1 atom stereocenters. The first-order chi connectivity index (χ1) is 8.69. The van der Waals surface area contributed by atoms with E-state index in [1.807, 2.05) is 30.3 Å².